The number of carbonyl (C=O) groups excluding carboxylic acids is 2. The third-order valence-electron chi connectivity index (χ3n) is 5.99. The fraction of sp³-hybridized carbons (Fsp3) is 0.138. The molecule has 0 saturated heterocycles. The molecule has 1 aliphatic rings. The predicted octanol–water partition coefficient (Wildman–Crippen LogP) is 6.27. The fourth-order valence-electron chi connectivity index (χ4n) is 3.94. The summed E-state index contributed by atoms with van der Waals surface area (Å²) in [6.45, 7) is 3.75. The van der Waals surface area contributed by atoms with Gasteiger partial charge in [-0.15, -0.1) is 0 Å². The van der Waals surface area contributed by atoms with Crippen molar-refractivity contribution in [3.63, 3.8) is 0 Å². The summed E-state index contributed by atoms with van der Waals surface area (Å²) in [6, 6.07) is 25.5. The number of rotatable bonds is 6. The third-order valence-corrected chi connectivity index (χ3v) is 6.35. The highest BCUT2D eigenvalue weighted by Crippen LogP contribution is 2.33. The second-order valence-corrected chi connectivity index (χ2v) is 8.59. The Morgan fingerprint density at radius 2 is 1.63 bits per heavy atom. The molecule has 3 aromatic rings. The summed E-state index contributed by atoms with van der Waals surface area (Å²) in [5, 5.41) is 10.3. The zero-order valence-electron chi connectivity index (χ0n) is 19.4. The van der Waals surface area contributed by atoms with Crippen molar-refractivity contribution in [2.75, 3.05) is 0 Å². The lowest BCUT2D eigenvalue weighted by molar-refractivity contribution is -0.143. The Hall–Kier alpha value is -4.14. The zero-order valence-corrected chi connectivity index (χ0v) is 20.1. The predicted molar refractivity (Wildman–Crippen MR) is 135 cm³/mol. The molecule has 4 rings (SSSR count). The standard InChI is InChI=1S/C29H23ClN2O3/c1-19-25(16-21-12-14-24(15-13-21)35-18-23-10-6-7-11-27(23)30)28(33)32(29(34)26(19)17-31)20(2)22-8-4-3-5-9-22/h3-16,20H,18H2,1-2H3/b25-16+. The molecule has 0 bridgehead atoms. The summed E-state index contributed by atoms with van der Waals surface area (Å²) in [6.07, 6.45) is 1.70. The van der Waals surface area contributed by atoms with Crippen LogP contribution in [0.3, 0.4) is 0 Å². The van der Waals surface area contributed by atoms with Gasteiger partial charge in [-0.05, 0) is 54.8 Å². The molecule has 3 aromatic carbocycles. The summed E-state index contributed by atoms with van der Waals surface area (Å²) < 4.78 is 5.83. The second-order valence-electron chi connectivity index (χ2n) is 8.19. The van der Waals surface area contributed by atoms with Crippen molar-refractivity contribution in [3.8, 4) is 11.8 Å². The first-order valence-corrected chi connectivity index (χ1v) is 11.5. The van der Waals surface area contributed by atoms with Gasteiger partial charge >= 0.3 is 0 Å². The molecule has 0 spiro atoms. The number of benzene rings is 3. The number of ether oxygens (including phenoxy) is 1. The summed E-state index contributed by atoms with van der Waals surface area (Å²) in [4.78, 5) is 27.6. The molecule has 5 nitrogen and oxygen atoms in total. The number of hydrogen-bond acceptors (Lipinski definition) is 4. The van der Waals surface area contributed by atoms with Gasteiger partial charge in [0.05, 0.1) is 6.04 Å². The van der Waals surface area contributed by atoms with Gasteiger partial charge in [0.15, 0.2) is 0 Å². The van der Waals surface area contributed by atoms with E-state index in [1.165, 1.54) is 0 Å². The van der Waals surface area contributed by atoms with E-state index in [2.05, 4.69) is 0 Å². The van der Waals surface area contributed by atoms with Crippen LogP contribution in [-0.2, 0) is 16.2 Å². The van der Waals surface area contributed by atoms with Crippen LogP contribution in [0, 0.1) is 11.3 Å². The molecule has 0 aromatic heterocycles. The quantitative estimate of drug-likeness (QED) is 0.306. The van der Waals surface area contributed by atoms with Gasteiger partial charge in [0.1, 0.15) is 24.0 Å². The minimum absolute atomic E-state index is 0.0293. The molecule has 0 saturated carbocycles. The molecule has 35 heavy (non-hydrogen) atoms. The van der Waals surface area contributed by atoms with Gasteiger partial charge in [-0.1, -0.05) is 72.3 Å². The van der Waals surface area contributed by atoms with Crippen LogP contribution in [0.2, 0.25) is 5.02 Å². The van der Waals surface area contributed by atoms with E-state index in [1.54, 1.807) is 32.1 Å². The number of amides is 2. The van der Waals surface area contributed by atoms with Gasteiger partial charge in [0.25, 0.3) is 11.8 Å². The highest BCUT2D eigenvalue weighted by molar-refractivity contribution is 6.31. The highest BCUT2D eigenvalue weighted by atomic mass is 35.5. The molecule has 1 atom stereocenters. The van der Waals surface area contributed by atoms with E-state index in [9.17, 15) is 14.9 Å². The molecule has 1 unspecified atom stereocenters. The monoisotopic (exact) mass is 482 g/mol. The minimum atomic E-state index is -0.577. The van der Waals surface area contributed by atoms with E-state index in [-0.39, 0.29) is 5.57 Å². The normalized spacial score (nSPS) is 15.8. The Morgan fingerprint density at radius 1 is 0.971 bits per heavy atom. The Labute approximate surface area is 209 Å². The number of imide groups is 1. The van der Waals surface area contributed by atoms with Gasteiger partial charge in [0.2, 0.25) is 0 Å². The number of hydrogen-bond donors (Lipinski definition) is 0. The van der Waals surface area contributed by atoms with Crippen molar-refractivity contribution in [2.45, 2.75) is 26.5 Å². The molecule has 1 aliphatic heterocycles. The van der Waals surface area contributed by atoms with Crippen LogP contribution < -0.4 is 4.74 Å². The van der Waals surface area contributed by atoms with Crippen molar-refractivity contribution in [3.05, 3.63) is 117 Å². The molecule has 2 amide bonds. The first-order valence-electron chi connectivity index (χ1n) is 11.1. The summed E-state index contributed by atoms with van der Waals surface area (Å²) in [5.41, 5.74) is 3.10. The number of halogens is 1. The average Bonchev–Trinajstić information content (AvgIpc) is 2.87. The number of nitrogens with zero attached hydrogens (tertiary/aromatic N) is 2. The van der Waals surface area contributed by atoms with Crippen LogP contribution in [0.1, 0.15) is 36.6 Å². The summed E-state index contributed by atoms with van der Waals surface area (Å²) in [7, 11) is 0. The molecular weight excluding hydrogens is 460 g/mol. The van der Waals surface area contributed by atoms with Gasteiger partial charge in [-0.25, -0.2) is 0 Å². The topological polar surface area (TPSA) is 70.4 Å². The van der Waals surface area contributed by atoms with Gasteiger partial charge < -0.3 is 4.74 Å². The van der Waals surface area contributed by atoms with Gasteiger partial charge in [-0.2, -0.15) is 5.26 Å². The smallest absolute Gasteiger partial charge is 0.272 e. The molecule has 0 aliphatic carbocycles. The van der Waals surface area contributed by atoms with Crippen molar-refractivity contribution in [1.82, 2.24) is 4.90 Å². The largest absolute Gasteiger partial charge is 0.489 e. The Balaban J connectivity index is 1.60. The highest BCUT2D eigenvalue weighted by Gasteiger charge is 2.38. The van der Waals surface area contributed by atoms with Crippen LogP contribution >= 0.6 is 11.6 Å². The van der Waals surface area contributed by atoms with Crippen LogP contribution in [0.5, 0.6) is 5.75 Å². The second kappa shape index (κ2) is 10.4. The van der Waals surface area contributed by atoms with Crippen molar-refractivity contribution >= 4 is 29.5 Å². The van der Waals surface area contributed by atoms with Crippen molar-refractivity contribution in [2.24, 2.45) is 0 Å². The van der Waals surface area contributed by atoms with E-state index in [4.69, 9.17) is 16.3 Å². The van der Waals surface area contributed by atoms with Crippen molar-refractivity contribution in [1.29, 1.82) is 5.26 Å². The van der Waals surface area contributed by atoms with E-state index in [1.807, 2.05) is 72.8 Å². The van der Waals surface area contributed by atoms with E-state index in [0.29, 0.717) is 28.5 Å². The van der Waals surface area contributed by atoms with Crippen LogP contribution in [0.4, 0.5) is 0 Å². The minimum Gasteiger partial charge on any atom is -0.489 e. The molecular formula is C29H23ClN2O3. The molecule has 0 N–H and O–H groups in total. The molecule has 174 valence electrons. The van der Waals surface area contributed by atoms with Crippen molar-refractivity contribution < 1.29 is 14.3 Å². The first kappa shape index (κ1) is 24.0. The average molecular weight is 483 g/mol. The van der Waals surface area contributed by atoms with Crippen LogP contribution in [0.15, 0.2) is 95.6 Å². The zero-order chi connectivity index (χ0) is 24.9. The third kappa shape index (κ3) is 5.03. The molecule has 0 fully saturated rings. The van der Waals surface area contributed by atoms with Gasteiger partial charge in [0, 0.05) is 16.2 Å². The Morgan fingerprint density at radius 3 is 2.29 bits per heavy atom. The SMILES string of the molecule is CC1=C(C#N)C(=O)N(C(C)c2ccccc2)C(=O)/C1=C/c1ccc(OCc2ccccc2Cl)cc1. The molecule has 0 radical (unpaired) electrons. The van der Waals surface area contributed by atoms with Gasteiger partial charge in [-0.3, -0.25) is 14.5 Å². The molecule has 1 heterocycles. The van der Waals surface area contributed by atoms with Crippen LogP contribution in [0.25, 0.3) is 6.08 Å². The molecule has 6 heteroatoms. The van der Waals surface area contributed by atoms with E-state index >= 15 is 0 Å². The lowest BCUT2D eigenvalue weighted by Gasteiger charge is -2.32. The maximum absolute atomic E-state index is 13.4. The summed E-state index contributed by atoms with van der Waals surface area (Å²) >= 11 is 6.18. The maximum atomic E-state index is 13.4. The van der Waals surface area contributed by atoms with E-state index in [0.717, 1.165) is 21.6 Å². The summed E-state index contributed by atoms with van der Waals surface area (Å²) in [5.74, 6) is -0.352. The first-order chi connectivity index (χ1) is 16.9. The number of carbonyl (C=O) groups is 2. The number of nitriles is 1. The van der Waals surface area contributed by atoms with Crippen LogP contribution in [-0.4, -0.2) is 16.7 Å². The Bertz CT molecular complexity index is 1370. The lowest BCUT2D eigenvalue weighted by Crippen LogP contribution is -2.44. The van der Waals surface area contributed by atoms with E-state index < -0.39 is 17.9 Å². The lowest BCUT2D eigenvalue weighted by atomic mass is 9.91. The maximum Gasteiger partial charge on any atom is 0.272 e. The fourth-order valence-corrected chi connectivity index (χ4v) is 4.13. The Kier molecular flexibility index (Phi) is 7.14.